The minimum Gasteiger partial charge on any atom is -0.490 e. The summed E-state index contributed by atoms with van der Waals surface area (Å²) in [4.78, 5) is 2.57. The molecule has 0 atom stereocenters. The van der Waals surface area contributed by atoms with Crippen molar-refractivity contribution in [3.8, 4) is 5.75 Å². The van der Waals surface area contributed by atoms with Crippen LogP contribution in [0.1, 0.15) is 56.9 Å². The maximum Gasteiger partial charge on any atom is 0.119 e. The number of piperidine rings is 1. The fraction of sp³-hybridized carbons (Fsp3) is 0.667. The first-order chi connectivity index (χ1) is 9.90. The summed E-state index contributed by atoms with van der Waals surface area (Å²) in [6.45, 7) is 3.63. The zero-order valence-corrected chi connectivity index (χ0v) is 13.7. The molecule has 0 aromatic heterocycles. The van der Waals surface area contributed by atoms with Gasteiger partial charge in [0.1, 0.15) is 5.75 Å². The highest BCUT2D eigenvalue weighted by molar-refractivity contribution is 5.85. The molecule has 1 aliphatic heterocycles. The van der Waals surface area contributed by atoms with E-state index >= 15 is 0 Å². The van der Waals surface area contributed by atoms with Crippen LogP contribution in [0.25, 0.3) is 0 Å². The third-order valence-corrected chi connectivity index (χ3v) is 4.63. The van der Waals surface area contributed by atoms with E-state index in [9.17, 15) is 0 Å². The van der Waals surface area contributed by atoms with Crippen LogP contribution in [0.15, 0.2) is 24.3 Å². The Labute approximate surface area is 135 Å². The number of hydrogen-bond acceptors (Lipinski definition) is 2. The lowest BCUT2D eigenvalue weighted by Crippen LogP contribution is -2.29. The highest BCUT2D eigenvalue weighted by Crippen LogP contribution is 2.24. The van der Waals surface area contributed by atoms with E-state index in [1.54, 1.807) is 0 Å². The van der Waals surface area contributed by atoms with Gasteiger partial charge >= 0.3 is 0 Å². The molecule has 0 radical (unpaired) electrons. The molecule has 0 spiro atoms. The van der Waals surface area contributed by atoms with E-state index in [0.717, 1.165) is 12.3 Å². The summed E-state index contributed by atoms with van der Waals surface area (Å²) < 4.78 is 6.09. The molecule has 118 valence electrons. The van der Waals surface area contributed by atoms with Gasteiger partial charge in [0, 0.05) is 6.54 Å². The topological polar surface area (TPSA) is 12.5 Å². The Morgan fingerprint density at radius 1 is 0.857 bits per heavy atom. The lowest BCUT2D eigenvalue weighted by Gasteiger charge is -2.26. The van der Waals surface area contributed by atoms with Gasteiger partial charge in [-0.05, 0) is 69.3 Å². The zero-order valence-electron chi connectivity index (χ0n) is 12.9. The standard InChI is InChI=1S/C18H27NO.ClH/c1-3-7-17(8-4-1)20-18-11-9-16(10-12-18)15-19-13-5-2-6-14-19;/h9-12,17H,1-8,13-15H2;1H. The van der Waals surface area contributed by atoms with E-state index in [1.807, 2.05) is 0 Å². The number of likely N-dealkylation sites (tertiary alicyclic amines) is 1. The molecule has 21 heavy (non-hydrogen) atoms. The third-order valence-electron chi connectivity index (χ3n) is 4.63. The van der Waals surface area contributed by atoms with E-state index in [4.69, 9.17) is 4.74 Å². The predicted molar refractivity (Wildman–Crippen MR) is 90.3 cm³/mol. The maximum atomic E-state index is 6.09. The molecule has 1 aromatic carbocycles. The lowest BCUT2D eigenvalue weighted by molar-refractivity contribution is 0.155. The summed E-state index contributed by atoms with van der Waals surface area (Å²) in [5.74, 6) is 1.05. The Kier molecular flexibility index (Phi) is 6.85. The molecule has 2 nitrogen and oxygen atoms in total. The smallest absolute Gasteiger partial charge is 0.119 e. The van der Waals surface area contributed by atoms with Crippen LogP contribution >= 0.6 is 12.4 Å². The normalized spacial score (nSPS) is 20.8. The van der Waals surface area contributed by atoms with Crippen LogP contribution in [0, 0.1) is 0 Å². The second-order valence-electron chi connectivity index (χ2n) is 6.36. The van der Waals surface area contributed by atoms with Crippen molar-refractivity contribution >= 4 is 12.4 Å². The summed E-state index contributed by atoms with van der Waals surface area (Å²) in [5.41, 5.74) is 1.42. The summed E-state index contributed by atoms with van der Waals surface area (Å²) >= 11 is 0. The summed E-state index contributed by atoms with van der Waals surface area (Å²) in [7, 11) is 0. The molecule has 1 saturated heterocycles. The second-order valence-corrected chi connectivity index (χ2v) is 6.36. The minimum atomic E-state index is 0. The Morgan fingerprint density at radius 2 is 1.48 bits per heavy atom. The zero-order chi connectivity index (χ0) is 13.6. The van der Waals surface area contributed by atoms with Crippen LogP contribution in [-0.4, -0.2) is 24.1 Å². The molecule has 0 bridgehead atoms. The summed E-state index contributed by atoms with van der Waals surface area (Å²) in [6, 6.07) is 8.81. The molecule has 3 heteroatoms. The lowest BCUT2D eigenvalue weighted by atomic mass is 9.98. The summed E-state index contributed by atoms with van der Waals surface area (Å²) in [5, 5.41) is 0. The molecule has 1 aromatic rings. The van der Waals surface area contributed by atoms with Gasteiger partial charge in [0.25, 0.3) is 0 Å². The molecule has 2 fully saturated rings. The van der Waals surface area contributed by atoms with Crippen LogP contribution in [-0.2, 0) is 6.54 Å². The van der Waals surface area contributed by atoms with Crippen molar-refractivity contribution in [2.75, 3.05) is 13.1 Å². The van der Waals surface area contributed by atoms with Gasteiger partial charge in [-0.3, -0.25) is 4.90 Å². The van der Waals surface area contributed by atoms with Crippen molar-refractivity contribution in [2.24, 2.45) is 0 Å². The first-order valence-corrected chi connectivity index (χ1v) is 8.38. The van der Waals surface area contributed by atoms with Crippen LogP contribution in [0.4, 0.5) is 0 Å². The van der Waals surface area contributed by atoms with E-state index < -0.39 is 0 Å². The van der Waals surface area contributed by atoms with Gasteiger partial charge in [-0.1, -0.05) is 25.0 Å². The largest absolute Gasteiger partial charge is 0.490 e. The monoisotopic (exact) mass is 309 g/mol. The van der Waals surface area contributed by atoms with Gasteiger partial charge < -0.3 is 4.74 Å². The Hall–Kier alpha value is -0.730. The van der Waals surface area contributed by atoms with Crippen LogP contribution < -0.4 is 4.74 Å². The predicted octanol–water partition coefficient (Wildman–Crippen LogP) is 4.81. The van der Waals surface area contributed by atoms with Gasteiger partial charge in [0.2, 0.25) is 0 Å². The molecule has 0 N–H and O–H groups in total. The van der Waals surface area contributed by atoms with E-state index in [0.29, 0.717) is 6.10 Å². The maximum absolute atomic E-state index is 6.09. The van der Waals surface area contributed by atoms with E-state index in [1.165, 1.54) is 70.0 Å². The van der Waals surface area contributed by atoms with Crippen molar-refractivity contribution in [1.29, 1.82) is 0 Å². The fourth-order valence-corrected chi connectivity index (χ4v) is 3.42. The average molecular weight is 310 g/mol. The second kappa shape index (κ2) is 8.65. The minimum absolute atomic E-state index is 0. The SMILES string of the molecule is Cl.c1cc(OC2CCCCC2)ccc1CN1CCCCC1. The fourth-order valence-electron chi connectivity index (χ4n) is 3.42. The average Bonchev–Trinajstić information content (AvgIpc) is 2.51. The highest BCUT2D eigenvalue weighted by Gasteiger charge is 2.15. The molecule has 0 unspecified atom stereocenters. The number of nitrogens with zero attached hydrogens (tertiary/aromatic N) is 1. The van der Waals surface area contributed by atoms with Crippen molar-refractivity contribution < 1.29 is 4.74 Å². The molecule has 1 saturated carbocycles. The van der Waals surface area contributed by atoms with Crippen molar-refractivity contribution in [2.45, 2.75) is 64.0 Å². The quantitative estimate of drug-likeness (QED) is 0.791. The molecular weight excluding hydrogens is 282 g/mol. The first-order valence-electron chi connectivity index (χ1n) is 8.38. The van der Waals surface area contributed by atoms with Crippen LogP contribution in [0.3, 0.4) is 0 Å². The third kappa shape index (κ3) is 5.19. The molecule has 2 aliphatic rings. The number of ether oxygens (including phenoxy) is 1. The van der Waals surface area contributed by atoms with Crippen LogP contribution in [0.2, 0.25) is 0 Å². The van der Waals surface area contributed by atoms with Crippen molar-refractivity contribution in [1.82, 2.24) is 4.90 Å². The molecule has 1 aliphatic carbocycles. The molecule has 0 amide bonds. The van der Waals surface area contributed by atoms with Crippen molar-refractivity contribution in [3.63, 3.8) is 0 Å². The molecule has 3 rings (SSSR count). The number of halogens is 1. The van der Waals surface area contributed by atoms with E-state index in [2.05, 4.69) is 29.2 Å². The Balaban J connectivity index is 0.00000161. The number of rotatable bonds is 4. The van der Waals surface area contributed by atoms with Crippen LogP contribution in [0.5, 0.6) is 5.75 Å². The van der Waals surface area contributed by atoms with Crippen molar-refractivity contribution in [3.05, 3.63) is 29.8 Å². The van der Waals surface area contributed by atoms with Gasteiger partial charge in [0.15, 0.2) is 0 Å². The number of benzene rings is 1. The van der Waals surface area contributed by atoms with Gasteiger partial charge in [-0.2, -0.15) is 0 Å². The molecular formula is C18H28ClNO. The summed E-state index contributed by atoms with van der Waals surface area (Å²) in [6.07, 6.45) is 11.1. The first kappa shape index (κ1) is 16.6. The number of hydrogen-bond donors (Lipinski definition) is 0. The van der Waals surface area contributed by atoms with Gasteiger partial charge in [-0.15, -0.1) is 12.4 Å². The Bertz CT molecular complexity index is 355. The van der Waals surface area contributed by atoms with Gasteiger partial charge in [-0.25, -0.2) is 0 Å². The molecule has 1 heterocycles. The highest BCUT2D eigenvalue weighted by atomic mass is 35.5. The Morgan fingerprint density at radius 3 is 2.14 bits per heavy atom. The van der Waals surface area contributed by atoms with E-state index in [-0.39, 0.29) is 12.4 Å². The van der Waals surface area contributed by atoms with Gasteiger partial charge in [0.05, 0.1) is 6.10 Å².